The van der Waals surface area contributed by atoms with Crippen LogP contribution < -0.4 is 39.8 Å². The zero-order chi connectivity index (χ0) is 61.0. The van der Waals surface area contributed by atoms with Crippen molar-refractivity contribution in [2.75, 3.05) is 77.4 Å². The predicted molar refractivity (Wildman–Crippen MR) is 336 cm³/mol. The molecule has 0 radical (unpaired) electrons. The van der Waals surface area contributed by atoms with E-state index in [0.717, 1.165) is 54.9 Å². The normalized spacial score (nSPS) is 19.0. The number of piperazine rings is 1. The summed E-state index contributed by atoms with van der Waals surface area (Å²) in [6.07, 6.45) is 16.1. The molecule has 456 valence electrons. The highest BCUT2D eigenvalue weighted by atomic mass is 16.5. The second-order valence-electron chi connectivity index (χ2n) is 22.9. The van der Waals surface area contributed by atoms with Gasteiger partial charge >= 0.3 is 0 Å². The molecule has 1 unspecified atom stereocenters. The number of nitrogens with zero attached hydrogens (tertiary/aromatic N) is 5. The van der Waals surface area contributed by atoms with Gasteiger partial charge in [-0.25, -0.2) is 0 Å². The molecule has 6 amide bonds. The van der Waals surface area contributed by atoms with Gasteiger partial charge in [-0.15, -0.1) is 0 Å². The first-order valence-corrected chi connectivity index (χ1v) is 29.7. The third-order valence-electron chi connectivity index (χ3n) is 16.1. The summed E-state index contributed by atoms with van der Waals surface area (Å²) >= 11 is 0. The number of imide groups is 1. The van der Waals surface area contributed by atoms with Crippen LogP contribution >= 0.6 is 0 Å². The number of carbonyl (C=O) groups excluding carboxylic acids is 7. The quantitative estimate of drug-likeness (QED) is 0.0466. The maximum Gasteiger partial charge on any atom is 0.259 e. The minimum atomic E-state index is -0.919. The first-order valence-electron chi connectivity index (χ1n) is 29.7. The highest BCUT2D eigenvalue weighted by Gasteiger charge is 2.34. The van der Waals surface area contributed by atoms with E-state index in [0.29, 0.717) is 83.2 Å². The third-order valence-corrected chi connectivity index (χ3v) is 16.1. The number of likely N-dealkylation sites (N-methyl/N-ethyl adjacent to an activating group) is 1. The number of allylic oxidation sites excluding steroid dienone is 2. The molecule has 1 saturated heterocycles. The number of aliphatic imine (C=N–C) groups is 1. The molecule has 86 heavy (non-hydrogen) atoms. The molecule has 0 aromatic heterocycles. The molecule has 0 bridgehead atoms. The van der Waals surface area contributed by atoms with Crippen molar-refractivity contribution in [3.8, 4) is 23.0 Å². The van der Waals surface area contributed by atoms with Crippen LogP contribution in [-0.2, 0) is 24.0 Å². The fraction of sp³-hybridized carbons (Fsp3) is 0.403. The number of methoxy groups -OCH3 is 2. The number of hydrogen-bond acceptors (Lipinski definition) is 14. The van der Waals surface area contributed by atoms with Gasteiger partial charge in [-0.2, -0.15) is 0 Å². The monoisotopic (exact) mass is 1170 g/mol. The zero-order valence-electron chi connectivity index (χ0n) is 50.2. The number of unbranched alkanes of at least 4 members (excludes halogenated alkanes) is 2. The van der Waals surface area contributed by atoms with Crippen molar-refractivity contribution in [2.45, 2.75) is 97.2 Å². The molecule has 4 aromatic carbocycles. The molecule has 3 N–H and O–H groups in total. The van der Waals surface area contributed by atoms with E-state index in [4.69, 9.17) is 23.9 Å². The topological polar surface area (TPSA) is 218 Å². The lowest BCUT2D eigenvalue weighted by Gasteiger charge is -2.34. The molecule has 5 heterocycles. The van der Waals surface area contributed by atoms with E-state index in [1.165, 1.54) is 29.8 Å². The summed E-state index contributed by atoms with van der Waals surface area (Å²) in [5.41, 5.74) is 7.91. The number of rotatable bonds is 23. The molecule has 0 spiro atoms. The van der Waals surface area contributed by atoms with Gasteiger partial charge < -0.3 is 49.6 Å². The van der Waals surface area contributed by atoms with Crippen molar-refractivity contribution < 1.29 is 55.4 Å². The molecule has 9 rings (SSSR count). The first kappa shape index (κ1) is 61.7. The number of carbonyl (C=O) groups is 7. The second-order valence-corrected chi connectivity index (χ2v) is 22.9. The number of anilines is 2. The second kappa shape index (κ2) is 28.4. The Morgan fingerprint density at radius 2 is 1.36 bits per heavy atom. The number of ether oxygens (including phenoxy) is 4. The van der Waals surface area contributed by atoms with Gasteiger partial charge in [-0.05, 0) is 122 Å². The zero-order valence-corrected chi connectivity index (χ0v) is 50.2. The average molecular weight is 1180 g/mol. The van der Waals surface area contributed by atoms with Crippen LogP contribution in [0.15, 0.2) is 108 Å². The smallest absolute Gasteiger partial charge is 0.259 e. The Balaban J connectivity index is 0.00000552. The summed E-state index contributed by atoms with van der Waals surface area (Å²) in [4.78, 5) is 103. The van der Waals surface area contributed by atoms with Gasteiger partial charge in [0.05, 0.1) is 44.7 Å². The molecule has 5 aliphatic rings. The summed E-state index contributed by atoms with van der Waals surface area (Å²) in [7, 11) is 5.24. The molecule has 4 atom stereocenters. The Morgan fingerprint density at radius 3 is 2.03 bits per heavy atom. The summed E-state index contributed by atoms with van der Waals surface area (Å²) in [6, 6.07) is 20.9. The number of benzene rings is 4. The largest absolute Gasteiger partial charge is 0.493 e. The molecular weight excluding hydrogens is 1090 g/mol. The Bertz CT molecular complexity index is 3350. The van der Waals surface area contributed by atoms with Crippen molar-refractivity contribution in [1.82, 2.24) is 25.3 Å². The third kappa shape index (κ3) is 15.2. The van der Waals surface area contributed by atoms with Crippen molar-refractivity contribution in [3.63, 3.8) is 0 Å². The van der Waals surface area contributed by atoms with Crippen LogP contribution in [-0.4, -0.2) is 147 Å². The van der Waals surface area contributed by atoms with Gasteiger partial charge in [0.25, 0.3) is 17.7 Å². The Hall–Kier alpha value is -8.84. The Kier molecular flexibility index (Phi) is 20.4. The van der Waals surface area contributed by atoms with Crippen LogP contribution in [0.1, 0.15) is 119 Å². The maximum atomic E-state index is 14.2. The van der Waals surface area contributed by atoms with E-state index in [2.05, 4.69) is 64.0 Å². The Morgan fingerprint density at radius 1 is 0.709 bits per heavy atom. The highest BCUT2D eigenvalue weighted by Crippen LogP contribution is 2.40. The summed E-state index contributed by atoms with van der Waals surface area (Å²) in [5, 5.41) is 8.37. The van der Waals surface area contributed by atoms with Crippen LogP contribution in [0, 0.1) is 11.8 Å². The standard InChI is InChI=1S/C67H78N8O11.2H2/c1-42(2)64(71-61(77)12-9-8-10-27-74-62(78)25-26-63(74)79)66(81)69-44(4)65(80)70-50-19-13-46(14-20-50)49-35-52-23-17-48-36-59(57(83-6)37-53(48)67(82)75(52)41-49)85-32-11-33-86-60-39-55-54(38-58(60)84-7)56(76)24-18-47(34-43(3)40-68-55)45-15-21-51(22-16-45)73-30-28-72(5)29-31-73;;/h13-23,25-26,36-44,52,64H,8-12,24,27-35H2,1-7H3,(H,69,81)(H,70,80)(H,71,77);2*1H/b47-18+,68-40?;;/t43-,44-,52+,64?;;/m0../s1. The number of nitrogens with one attached hydrogen (secondary N) is 3. The fourth-order valence-corrected chi connectivity index (χ4v) is 11.1. The average Bonchev–Trinajstić information content (AvgIpc) is 2.01. The molecular formula is C67H82N8O11. The van der Waals surface area contributed by atoms with E-state index in [1.807, 2.05) is 48.8 Å². The molecule has 19 heteroatoms. The van der Waals surface area contributed by atoms with Crippen LogP contribution in [0.2, 0.25) is 0 Å². The van der Waals surface area contributed by atoms with Crippen LogP contribution in [0.25, 0.3) is 17.2 Å². The van der Waals surface area contributed by atoms with E-state index in [9.17, 15) is 33.6 Å². The van der Waals surface area contributed by atoms with Gasteiger partial charge in [0.15, 0.2) is 28.8 Å². The molecule has 4 aromatic rings. The maximum absolute atomic E-state index is 14.2. The molecule has 0 saturated carbocycles. The van der Waals surface area contributed by atoms with Crippen molar-refractivity contribution in [3.05, 3.63) is 131 Å². The van der Waals surface area contributed by atoms with E-state index < -0.39 is 23.9 Å². The predicted octanol–water partition coefficient (Wildman–Crippen LogP) is 9.55. The highest BCUT2D eigenvalue weighted by molar-refractivity contribution is 6.13. The van der Waals surface area contributed by atoms with Gasteiger partial charge in [0.1, 0.15) is 12.1 Å². The summed E-state index contributed by atoms with van der Waals surface area (Å²) in [5.74, 6) is -0.528. The lowest BCUT2D eigenvalue weighted by Crippen LogP contribution is -2.53. The van der Waals surface area contributed by atoms with Crippen LogP contribution in [0.5, 0.6) is 23.0 Å². The molecule has 5 aliphatic heterocycles. The lowest BCUT2D eigenvalue weighted by atomic mass is 9.92. The fourth-order valence-electron chi connectivity index (χ4n) is 11.1. The molecule has 0 aliphatic carbocycles. The minimum Gasteiger partial charge on any atom is -0.493 e. The Labute approximate surface area is 506 Å². The number of Topliss-reactive ketones (excluding diaryl/α,β-unsaturated/α-hetero) is 1. The number of ketones is 1. The van der Waals surface area contributed by atoms with E-state index >= 15 is 0 Å². The first-order chi connectivity index (χ1) is 41.5. The number of amides is 6. The van der Waals surface area contributed by atoms with Gasteiger partial charge in [-0.1, -0.05) is 69.7 Å². The van der Waals surface area contributed by atoms with Gasteiger partial charge in [-0.3, -0.25) is 43.5 Å². The van der Waals surface area contributed by atoms with Crippen molar-refractivity contribution in [1.29, 1.82) is 0 Å². The van der Waals surface area contributed by atoms with Crippen LogP contribution in [0.3, 0.4) is 0 Å². The van der Waals surface area contributed by atoms with Gasteiger partial charge in [0.2, 0.25) is 17.7 Å². The number of fused-ring (bicyclic) bond motifs is 3. The van der Waals surface area contributed by atoms with Crippen molar-refractivity contribution in [2.24, 2.45) is 16.8 Å². The summed E-state index contributed by atoms with van der Waals surface area (Å²) in [6.45, 7) is 12.2. The van der Waals surface area contributed by atoms with Crippen LogP contribution in [0.4, 0.5) is 17.1 Å². The van der Waals surface area contributed by atoms with Crippen molar-refractivity contribution >= 4 is 81.7 Å². The van der Waals surface area contributed by atoms with E-state index in [1.54, 1.807) is 63.1 Å². The van der Waals surface area contributed by atoms with E-state index in [-0.39, 0.29) is 82.7 Å². The van der Waals surface area contributed by atoms with Gasteiger partial charge in [0, 0.05) is 102 Å². The summed E-state index contributed by atoms with van der Waals surface area (Å²) < 4.78 is 24.0. The minimum absolute atomic E-state index is 0. The number of hydrogen-bond donors (Lipinski definition) is 3. The molecule has 19 nitrogen and oxygen atoms in total. The lowest BCUT2D eigenvalue weighted by molar-refractivity contribution is -0.137. The molecule has 1 fully saturated rings. The SMILES string of the molecule is COc1cc2c(cc1OCCCOc1cc3c(cc1OC)C(=O)C/C=C(/c1ccc(N4CCN(C)CC4)cc1)C[C@H](C)C=N3)C=C[C@@H]1CC(c3ccc(NC(=O)[C@H](C)NC(=O)C(NC(=O)CCCCCN4C(=O)C=CC4=O)C(C)C)cc3)=CN1C2=O.[HH].[HH].